The Morgan fingerprint density at radius 3 is 2.21 bits per heavy atom. The highest BCUT2D eigenvalue weighted by atomic mass is 32.1. The van der Waals surface area contributed by atoms with Gasteiger partial charge in [-0.25, -0.2) is 18.0 Å². The van der Waals surface area contributed by atoms with E-state index in [9.17, 15) is 22.8 Å². The fourth-order valence-electron chi connectivity index (χ4n) is 3.08. The number of aryl methyl sites for hydroxylation is 1. The van der Waals surface area contributed by atoms with E-state index in [2.05, 4.69) is 5.32 Å². The van der Waals surface area contributed by atoms with Crippen LogP contribution in [0.3, 0.4) is 0 Å². The third-order valence-electron chi connectivity index (χ3n) is 4.78. The smallest absolute Gasteiger partial charge is 0.410 e. The molecule has 0 aromatic heterocycles. The molecule has 2 amide bonds. The van der Waals surface area contributed by atoms with Gasteiger partial charge in [-0.2, -0.15) is 13.5 Å². The number of amides is 2. The summed E-state index contributed by atoms with van der Waals surface area (Å²) in [6.45, 7) is 1.59. The van der Waals surface area contributed by atoms with Gasteiger partial charge in [0.15, 0.2) is 0 Å². The number of hydrogen-bond acceptors (Lipinski definition) is 3. The highest BCUT2D eigenvalue weighted by Gasteiger charge is 2.27. The van der Waals surface area contributed by atoms with Crippen LogP contribution < -0.4 is 15.0 Å². The second kappa shape index (κ2) is 11.4. The Hall–Kier alpha value is -3.46. The molecule has 0 saturated heterocycles. The van der Waals surface area contributed by atoms with Crippen molar-refractivity contribution in [3.8, 4) is 5.75 Å². The first kappa shape index (κ1) is 25.8. The van der Waals surface area contributed by atoms with Crippen molar-refractivity contribution < 1.29 is 27.5 Å². The van der Waals surface area contributed by atoms with Gasteiger partial charge in [-0.15, -0.1) is 0 Å². The van der Waals surface area contributed by atoms with E-state index < -0.39 is 35.5 Å². The molecule has 0 radical (unpaired) electrons. The predicted octanol–water partition coefficient (Wildman–Crippen LogP) is 4.89. The average Bonchev–Trinajstić information content (AvgIpc) is 2.74. The second-order valence-corrected chi connectivity index (χ2v) is 7.21. The minimum Gasteiger partial charge on any atom is -0.410 e. The molecule has 0 saturated carbocycles. The van der Waals surface area contributed by atoms with Gasteiger partial charge in [0.05, 0.1) is 0 Å². The van der Waals surface area contributed by atoms with Gasteiger partial charge in [-0.05, 0) is 54.4 Å². The summed E-state index contributed by atoms with van der Waals surface area (Å²) in [4.78, 5) is 26.7. The Morgan fingerprint density at radius 1 is 0.970 bits per heavy atom. The molecule has 0 aliphatic heterocycles. The van der Waals surface area contributed by atoms with Crippen molar-refractivity contribution in [2.45, 2.75) is 19.4 Å². The maximum absolute atomic E-state index is 14.0. The van der Waals surface area contributed by atoms with E-state index in [0.29, 0.717) is 11.6 Å². The van der Waals surface area contributed by atoms with Crippen LogP contribution >= 0.6 is 13.5 Å². The average molecular weight is 477 g/mol. The summed E-state index contributed by atoms with van der Waals surface area (Å²) in [6.07, 6.45) is -1.13. The minimum absolute atomic E-state index is 0. The van der Waals surface area contributed by atoms with Crippen molar-refractivity contribution in [3.05, 3.63) is 95.3 Å². The molecule has 9 heteroatoms. The van der Waals surface area contributed by atoms with E-state index in [4.69, 9.17) is 4.74 Å². The van der Waals surface area contributed by atoms with Crippen molar-refractivity contribution in [2.24, 2.45) is 0 Å². The van der Waals surface area contributed by atoms with Gasteiger partial charge in [0.25, 0.3) is 0 Å². The lowest BCUT2D eigenvalue weighted by molar-refractivity contribution is -0.120. The second-order valence-electron chi connectivity index (χ2n) is 7.21. The number of anilines is 1. The Balaban J connectivity index is 0.00000385. The molecule has 0 heterocycles. The van der Waals surface area contributed by atoms with E-state index in [-0.39, 0.29) is 36.9 Å². The lowest BCUT2D eigenvalue weighted by Crippen LogP contribution is -2.49. The summed E-state index contributed by atoms with van der Waals surface area (Å²) < 4.78 is 46.4. The Morgan fingerprint density at radius 2 is 1.61 bits per heavy atom. The van der Waals surface area contributed by atoms with Crippen LogP contribution in [0.2, 0.25) is 0 Å². The summed E-state index contributed by atoms with van der Waals surface area (Å²) in [5.41, 5.74) is 0.821. The number of rotatable bonds is 6. The van der Waals surface area contributed by atoms with Crippen molar-refractivity contribution in [1.82, 2.24) is 5.32 Å². The van der Waals surface area contributed by atoms with Crippen molar-refractivity contribution >= 4 is 31.2 Å². The Kier molecular flexibility index (Phi) is 8.93. The van der Waals surface area contributed by atoms with E-state index in [0.717, 1.165) is 17.0 Å². The summed E-state index contributed by atoms with van der Waals surface area (Å²) in [7, 11) is 1.41. The molecule has 0 aliphatic rings. The number of benzene rings is 3. The monoisotopic (exact) mass is 476 g/mol. The molecule has 3 aromatic rings. The zero-order valence-corrected chi connectivity index (χ0v) is 18.9. The van der Waals surface area contributed by atoms with Crippen LogP contribution in [0.25, 0.3) is 0 Å². The molecule has 0 spiro atoms. The van der Waals surface area contributed by atoms with E-state index in [1.165, 1.54) is 19.2 Å². The molecular weight excluding hydrogens is 453 g/mol. The fourth-order valence-corrected chi connectivity index (χ4v) is 3.08. The number of halogens is 3. The van der Waals surface area contributed by atoms with Crippen molar-refractivity contribution in [3.63, 3.8) is 0 Å². The highest BCUT2D eigenvalue weighted by molar-refractivity contribution is 7.59. The normalized spacial score (nSPS) is 11.2. The fraction of sp³-hybridized carbons (Fsp3) is 0.167. The molecule has 3 aromatic carbocycles. The van der Waals surface area contributed by atoms with Crippen LogP contribution in [0.1, 0.15) is 11.1 Å². The molecule has 0 unspecified atom stereocenters. The number of hydrogen-bond donors (Lipinski definition) is 1. The third kappa shape index (κ3) is 7.01. The standard InChI is InChI=1S/C24H21F3N2O3.H2S/c1-15-8-9-19(14-21(15)27)29(2)23(30)22(12-16-10-17(25)13-18(26)11-16)28-24(31)32-20-6-4-3-5-7-20;/h3-11,13-14,22H,12H2,1-2H3,(H,28,31);1H2/t22-;/m0./s1. The van der Waals surface area contributed by atoms with Gasteiger partial charge >= 0.3 is 6.09 Å². The maximum Gasteiger partial charge on any atom is 0.413 e. The predicted molar refractivity (Wildman–Crippen MR) is 124 cm³/mol. The van der Waals surface area contributed by atoms with Crippen LogP contribution in [0.15, 0.2) is 66.7 Å². The number of likely N-dealkylation sites (N-methyl/N-ethyl adjacent to an activating group) is 1. The van der Waals surface area contributed by atoms with Gasteiger partial charge in [0.1, 0.15) is 29.2 Å². The Labute approximate surface area is 196 Å². The van der Waals surface area contributed by atoms with Crippen LogP contribution in [-0.4, -0.2) is 25.1 Å². The lowest BCUT2D eigenvalue weighted by atomic mass is 10.0. The number of nitrogens with zero attached hydrogens (tertiary/aromatic N) is 1. The molecule has 0 fully saturated rings. The highest BCUT2D eigenvalue weighted by Crippen LogP contribution is 2.19. The summed E-state index contributed by atoms with van der Waals surface area (Å²) in [5.74, 6) is -2.49. The van der Waals surface area contributed by atoms with Gasteiger partial charge < -0.3 is 15.0 Å². The van der Waals surface area contributed by atoms with E-state index >= 15 is 0 Å². The van der Waals surface area contributed by atoms with Crippen molar-refractivity contribution in [2.75, 3.05) is 11.9 Å². The van der Waals surface area contributed by atoms with Gasteiger partial charge in [-0.3, -0.25) is 4.79 Å². The molecule has 174 valence electrons. The first-order valence-electron chi connectivity index (χ1n) is 9.75. The quantitative estimate of drug-likeness (QED) is 0.551. The third-order valence-corrected chi connectivity index (χ3v) is 4.78. The zero-order valence-electron chi connectivity index (χ0n) is 17.9. The molecule has 33 heavy (non-hydrogen) atoms. The summed E-state index contributed by atoms with van der Waals surface area (Å²) in [6, 6.07) is 14.1. The molecule has 5 nitrogen and oxygen atoms in total. The summed E-state index contributed by atoms with van der Waals surface area (Å²) in [5, 5.41) is 2.44. The first-order valence-corrected chi connectivity index (χ1v) is 9.75. The molecule has 0 aliphatic carbocycles. The van der Waals surface area contributed by atoms with Gasteiger partial charge in [0, 0.05) is 25.2 Å². The largest absolute Gasteiger partial charge is 0.413 e. The van der Waals surface area contributed by atoms with Crippen LogP contribution in [0, 0.1) is 24.4 Å². The van der Waals surface area contributed by atoms with E-state index in [1.54, 1.807) is 43.3 Å². The van der Waals surface area contributed by atoms with Crippen LogP contribution in [0.5, 0.6) is 5.75 Å². The molecule has 1 N–H and O–H groups in total. The maximum atomic E-state index is 14.0. The molecule has 1 atom stereocenters. The SMILES string of the molecule is Cc1ccc(N(C)C(=O)[C@H](Cc2cc(F)cc(F)c2)NC(=O)Oc2ccccc2)cc1F.S. The topological polar surface area (TPSA) is 58.6 Å². The Bertz CT molecular complexity index is 1110. The van der Waals surface area contributed by atoms with E-state index in [1.807, 2.05) is 0 Å². The van der Waals surface area contributed by atoms with Crippen molar-refractivity contribution in [1.29, 1.82) is 0 Å². The number of nitrogens with one attached hydrogen (secondary N) is 1. The minimum atomic E-state index is -1.23. The number of carbonyl (C=O) groups is 2. The molecule has 0 bridgehead atoms. The molecule has 3 rings (SSSR count). The number of carbonyl (C=O) groups excluding carboxylic acids is 2. The van der Waals surface area contributed by atoms with Gasteiger partial charge in [-0.1, -0.05) is 24.3 Å². The summed E-state index contributed by atoms with van der Waals surface area (Å²) >= 11 is 0. The molecular formula is C24H23F3N2O3S. The number of ether oxygens (including phenoxy) is 1. The first-order chi connectivity index (χ1) is 15.2. The van der Waals surface area contributed by atoms with Crippen LogP contribution in [-0.2, 0) is 11.2 Å². The van der Waals surface area contributed by atoms with Gasteiger partial charge in [0.2, 0.25) is 5.91 Å². The number of para-hydroxylation sites is 1. The zero-order chi connectivity index (χ0) is 23.3. The van der Waals surface area contributed by atoms with Crippen LogP contribution in [0.4, 0.5) is 23.7 Å². The lowest BCUT2D eigenvalue weighted by Gasteiger charge is -2.25.